The van der Waals surface area contributed by atoms with Gasteiger partial charge in [0.2, 0.25) is 10.0 Å². The molecule has 0 atom stereocenters. The lowest BCUT2D eigenvalue weighted by atomic mass is 10.1. The molecule has 7 heteroatoms. The molecule has 0 aliphatic heterocycles. The number of nitrogens with one attached hydrogen (secondary N) is 2. The summed E-state index contributed by atoms with van der Waals surface area (Å²) in [5, 5.41) is 3.13. The second-order valence-corrected chi connectivity index (χ2v) is 8.37. The van der Waals surface area contributed by atoms with Crippen LogP contribution < -0.4 is 15.8 Å². The number of anilines is 1. The first-order valence-corrected chi connectivity index (χ1v) is 10.3. The van der Waals surface area contributed by atoms with E-state index < -0.39 is 10.0 Å². The average Bonchev–Trinajstić information content (AvgIpc) is 3.09. The maximum atomic E-state index is 11.6. The number of benzene rings is 2. The Kier molecular flexibility index (Phi) is 5.58. The molecule has 3 rings (SSSR count). The normalized spacial score (nSPS) is 14.3. The van der Waals surface area contributed by atoms with Gasteiger partial charge in [-0.1, -0.05) is 30.3 Å². The van der Waals surface area contributed by atoms with E-state index in [2.05, 4.69) is 27.2 Å². The summed E-state index contributed by atoms with van der Waals surface area (Å²) < 4.78 is 25.4. The summed E-state index contributed by atoms with van der Waals surface area (Å²) >= 11 is 0. The molecule has 0 amide bonds. The number of aryl methyl sites for hydroxylation is 2. The summed E-state index contributed by atoms with van der Waals surface area (Å²) in [5.74, 6) is 0.333. The number of aliphatic imine (C=N–C) groups is 1. The van der Waals surface area contributed by atoms with Crippen LogP contribution in [-0.4, -0.2) is 21.4 Å². The van der Waals surface area contributed by atoms with E-state index in [9.17, 15) is 8.42 Å². The Bertz CT molecular complexity index is 906. The molecule has 0 fully saturated rings. The first kappa shape index (κ1) is 18.4. The van der Waals surface area contributed by atoms with Crippen LogP contribution in [-0.2, 0) is 35.2 Å². The smallest absolute Gasteiger partial charge is 0.215 e. The largest absolute Gasteiger partial charge is 0.370 e. The van der Waals surface area contributed by atoms with E-state index in [4.69, 9.17) is 5.73 Å². The topological polar surface area (TPSA) is 96.6 Å². The van der Waals surface area contributed by atoms with Gasteiger partial charge in [0.15, 0.2) is 5.96 Å². The molecule has 4 N–H and O–H groups in total. The number of nitrogens with two attached hydrogens (primary N) is 1. The predicted octanol–water partition coefficient (Wildman–Crippen LogP) is 2.15. The fourth-order valence-corrected chi connectivity index (χ4v) is 3.82. The van der Waals surface area contributed by atoms with Crippen molar-refractivity contribution in [3.63, 3.8) is 0 Å². The van der Waals surface area contributed by atoms with Gasteiger partial charge in [-0.05, 0) is 60.7 Å². The summed E-state index contributed by atoms with van der Waals surface area (Å²) in [6.45, 7) is 0.433. The van der Waals surface area contributed by atoms with Crippen molar-refractivity contribution in [2.45, 2.75) is 31.6 Å². The van der Waals surface area contributed by atoms with Crippen molar-refractivity contribution < 1.29 is 8.42 Å². The zero-order chi connectivity index (χ0) is 18.6. The van der Waals surface area contributed by atoms with Crippen LogP contribution in [0.2, 0.25) is 0 Å². The van der Waals surface area contributed by atoms with Gasteiger partial charge in [0.1, 0.15) is 0 Å². The van der Waals surface area contributed by atoms with Gasteiger partial charge < -0.3 is 11.1 Å². The van der Waals surface area contributed by atoms with Crippen LogP contribution in [0.1, 0.15) is 28.7 Å². The lowest BCUT2D eigenvalue weighted by molar-refractivity contribution is 0.587. The first-order valence-electron chi connectivity index (χ1n) is 8.63. The highest BCUT2D eigenvalue weighted by Gasteiger charge is 2.11. The van der Waals surface area contributed by atoms with Gasteiger partial charge in [0, 0.05) is 5.69 Å². The van der Waals surface area contributed by atoms with Crippen molar-refractivity contribution in [2.75, 3.05) is 12.4 Å². The van der Waals surface area contributed by atoms with Gasteiger partial charge in [-0.2, -0.15) is 0 Å². The minimum absolute atomic E-state index is 0.0327. The van der Waals surface area contributed by atoms with Gasteiger partial charge >= 0.3 is 0 Å². The molecule has 2 aromatic rings. The van der Waals surface area contributed by atoms with E-state index in [0.717, 1.165) is 29.7 Å². The number of guanidine groups is 1. The highest BCUT2D eigenvalue weighted by Crippen LogP contribution is 2.24. The highest BCUT2D eigenvalue weighted by atomic mass is 32.2. The molecule has 2 aromatic carbocycles. The third-order valence-electron chi connectivity index (χ3n) is 4.49. The van der Waals surface area contributed by atoms with E-state index in [1.807, 2.05) is 18.2 Å². The summed E-state index contributed by atoms with van der Waals surface area (Å²) in [6.07, 6.45) is 3.50. The molecular formula is C19H24N4O2S. The Morgan fingerprint density at radius 2 is 1.77 bits per heavy atom. The summed E-state index contributed by atoms with van der Waals surface area (Å²) in [5.41, 5.74) is 11.4. The fraction of sp³-hybridized carbons (Fsp3) is 0.316. The number of sulfonamides is 1. The van der Waals surface area contributed by atoms with E-state index in [0.29, 0.717) is 12.5 Å². The van der Waals surface area contributed by atoms with Gasteiger partial charge in [-0.25, -0.2) is 18.1 Å². The van der Waals surface area contributed by atoms with Crippen molar-refractivity contribution in [2.24, 2.45) is 10.7 Å². The second kappa shape index (κ2) is 7.88. The lowest BCUT2D eigenvalue weighted by Crippen LogP contribution is -2.22. The van der Waals surface area contributed by atoms with Crippen LogP contribution in [0, 0.1) is 0 Å². The number of fused-ring (bicyclic) bond motifs is 1. The van der Waals surface area contributed by atoms with Crippen molar-refractivity contribution in [1.29, 1.82) is 0 Å². The van der Waals surface area contributed by atoms with Crippen LogP contribution in [0.15, 0.2) is 47.5 Å². The quantitative estimate of drug-likeness (QED) is 0.535. The van der Waals surface area contributed by atoms with Gasteiger partial charge in [0.05, 0.1) is 12.3 Å². The molecule has 26 heavy (non-hydrogen) atoms. The van der Waals surface area contributed by atoms with Crippen molar-refractivity contribution in [1.82, 2.24) is 4.72 Å². The van der Waals surface area contributed by atoms with Crippen molar-refractivity contribution in [3.8, 4) is 0 Å². The average molecular weight is 372 g/mol. The maximum absolute atomic E-state index is 11.6. The van der Waals surface area contributed by atoms with Gasteiger partial charge in [-0.15, -0.1) is 0 Å². The minimum Gasteiger partial charge on any atom is -0.370 e. The molecule has 0 unspecified atom stereocenters. The maximum Gasteiger partial charge on any atom is 0.215 e. The van der Waals surface area contributed by atoms with Crippen LogP contribution in [0.5, 0.6) is 0 Å². The SMILES string of the molecule is CNS(=O)(=O)Cc1ccc(CN=C(N)Nc2ccc3c(c2)CCC3)cc1. The third-order valence-corrected chi connectivity index (χ3v) is 5.83. The van der Waals surface area contributed by atoms with Crippen LogP contribution >= 0.6 is 0 Å². The monoisotopic (exact) mass is 372 g/mol. The summed E-state index contributed by atoms with van der Waals surface area (Å²) in [6, 6.07) is 13.6. The minimum atomic E-state index is -3.26. The summed E-state index contributed by atoms with van der Waals surface area (Å²) in [4.78, 5) is 4.36. The number of hydrogen-bond acceptors (Lipinski definition) is 3. The van der Waals surface area contributed by atoms with Crippen LogP contribution in [0.25, 0.3) is 0 Å². The Morgan fingerprint density at radius 3 is 2.50 bits per heavy atom. The molecule has 138 valence electrons. The Labute approximate surface area is 154 Å². The van der Waals surface area contributed by atoms with E-state index in [-0.39, 0.29) is 5.75 Å². The molecular weight excluding hydrogens is 348 g/mol. The summed E-state index contributed by atoms with van der Waals surface area (Å²) in [7, 11) is -1.85. The van der Waals surface area contributed by atoms with E-state index >= 15 is 0 Å². The molecule has 0 saturated carbocycles. The molecule has 0 saturated heterocycles. The van der Waals surface area contributed by atoms with E-state index in [1.165, 1.54) is 24.6 Å². The van der Waals surface area contributed by atoms with E-state index in [1.54, 1.807) is 12.1 Å². The predicted molar refractivity (Wildman–Crippen MR) is 106 cm³/mol. The Hall–Kier alpha value is -2.38. The second-order valence-electron chi connectivity index (χ2n) is 6.44. The fourth-order valence-electron chi connectivity index (χ4n) is 3.05. The van der Waals surface area contributed by atoms with Crippen LogP contribution in [0.3, 0.4) is 0 Å². The van der Waals surface area contributed by atoms with Crippen molar-refractivity contribution >= 4 is 21.7 Å². The zero-order valence-corrected chi connectivity index (χ0v) is 15.6. The molecule has 0 radical (unpaired) electrons. The molecule has 6 nitrogen and oxygen atoms in total. The van der Waals surface area contributed by atoms with Crippen molar-refractivity contribution in [3.05, 3.63) is 64.7 Å². The van der Waals surface area contributed by atoms with Gasteiger partial charge in [0.25, 0.3) is 0 Å². The zero-order valence-electron chi connectivity index (χ0n) is 14.8. The van der Waals surface area contributed by atoms with Crippen LogP contribution in [0.4, 0.5) is 5.69 Å². The Balaban J connectivity index is 1.58. The third kappa shape index (κ3) is 4.83. The number of hydrogen-bond donors (Lipinski definition) is 3. The lowest BCUT2D eigenvalue weighted by Gasteiger charge is -2.08. The molecule has 0 aromatic heterocycles. The molecule has 0 heterocycles. The van der Waals surface area contributed by atoms with Gasteiger partial charge in [-0.3, -0.25) is 0 Å². The highest BCUT2D eigenvalue weighted by molar-refractivity contribution is 7.88. The number of rotatable bonds is 6. The molecule has 0 spiro atoms. The molecule has 0 bridgehead atoms. The number of nitrogens with zero attached hydrogens (tertiary/aromatic N) is 1. The first-order chi connectivity index (χ1) is 12.4. The standard InChI is InChI=1S/C19H24N4O2S/c1-21-26(24,25)13-15-7-5-14(6-8-15)12-22-19(20)23-18-10-9-16-3-2-4-17(16)11-18/h5-11,21H,2-4,12-13H2,1H3,(H3,20,22,23). The Morgan fingerprint density at radius 1 is 1.08 bits per heavy atom. The molecule has 1 aliphatic carbocycles. The molecule has 1 aliphatic rings.